The van der Waals surface area contributed by atoms with E-state index in [9.17, 15) is 0 Å². The molecule has 0 aliphatic rings. The Kier molecular flexibility index (Phi) is 7.35. The van der Waals surface area contributed by atoms with E-state index in [0.29, 0.717) is 0 Å². The summed E-state index contributed by atoms with van der Waals surface area (Å²) in [6.45, 7) is 0. The highest BCUT2D eigenvalue weighted by atomic mass is 31.1. The quantitative estimate of drug-likeness (QED) is 0.104. The minimum absolute atomic E-state index is 0.446. The van der Waals surface area contributed by atoms with Gasteiger partial charge in [0.1, 0.15) is 0 Å². The summed E-state index contributed by atoms with van der Waals surface area (Å²) >= 11 is 1.09. The number of fused-ring (bicyclic) bond motifs is 4. The smallest absolute Gasteiger partial charge is 0.113 e. The minimum Gasteiger partial charge on any atom is -0.113 e. The van der Waals surface area contributed by atoms with Crippen LogP contribution in [-0.2, 0) is 0 Å². The molecule has 0 aromatic heterocycles. The second kappa shape index (κ2) is 11.3. The zero-order chi connectivity index (χ0) is 25.7. The summed E-state index contributed by atoms with van der Waals surface area (Å²) in [5.74, 6) is 0. The van der Waals surface area contributed by atoms with E-state index in [1.807, 2.05) is 0 Å². The Bertz CT molecular complexity index is 1720. The van der Waals surface area contributed by atoms with Crippen molar-refractivity contribution in [1.29, 1.82) is 0 Å². The van der Waals surface area contributed by atoms with E-state index in [1.54, 1.807) is 0 Å². The Hall–Kier alpha value is -3.72. The maximum Gasteiger partial charge on any atom is 0.259 e. The molecule has 0 saturated carbocycles. The molecule has 0 aliphatic heterocycles. The van der Waals surface area contributed by atoms with Gasteiger partial charge in [-0.05, 0) is 68.3 Å². The van der Waals surface area contributed by atoms with Gasteiger partial charge in [0.25, 0.3) is 16.3 Å². The van der Waals surface area contributed by atoms with Gasteiger partial charge in [0.05, 0.1) is 0 Å². The fourth-order valence-corrected chi connectivity index (χ4v) is 8.22. The van der Waals surface area contributed by atoms with Crippen LogP contribution in [0.15, 0.2) is 158 Å². The van der Waals surface area contributed by atoms with Crippen molar-refractivity contribution < 1.29 is 0 Å². The molecule has 180 valence electrons. The third-order valence-corrected chi connectivity index (χ3v) is 10.3. The lowest BCUT2D eigenvalue weighted by Crippen LogP contribution is -2.20. The highest BCUT2D eigenvalue weighted by Gasteiger charge is 2.15. The molecule has 0 heterocycles. The third-order valence-electron chi connectivity index (χ3n) is 6.98. The molecule has 7 aromatic carbocycles. The fraction of sp³-hybridized carbons (Fsp3) is 0. The number of rotatable bonds is 3. The lowest BCUT2D eigenvalue weighted by molar-refractivity contribution is 1.74. The van der Waals surface area contributed by atoms with Crippen molar-refractivity contribution in [3.8, 4) is 0 Å². The van der Waals surface area contributed by atoms with Crippen LogP contribution in [0.4, 0.5) is 0 Å². The van der Waals surface area contributed by atoms with Crippen LogP contribution >= 0.6 is 7.92 Å². The number of hydrogen-bond acceptors (Lipinski definition) is 0. The van der Waals surface area contributed by atoms with Crippen LogP contribution in [0, 0.1) is 0 Å². The van der Waals surface area contributed by atoms with Crippen LogP contribution in [-0.4, -0.2) is 16.3 Å². The van der Waals surface area contributed by atoms with Gasteiger partial charge in [-0.25, -0.2) is 0 Å². The van der Waals surface area contributed by atoms with E-state index in [1.165, 1.54) is 52.7 Å². The average molecular weight is 519 g/mol. The summed E-state index contributed by atoms with van der Waals surface area (Å²) in [6, 6.07) is 56.7. The average Bonchev–Trinajstić information content (AvgIpc) is 2.98. The molecule has 38 heavy (non-hydrogen) atoms. The molecule has 0 unspecified atom stereocenters. The van der Waals surface area contributed by atoms with Crippen LogP contribution in [0.5, 0.6) is 0 Å². The van der Waals surface area contributed by atoms with Crippen molar-refractivity contribution in [1.82, 2.24) is 0 Å². The van der Waals surface area contributed by atoms with Crippen LogP contribution in [0.3, 0.4) is 0 Å². The normalized spacial score (nSPS) is 11.0. The summed E-state index contributed by atoms with van der Waals surface area (Å²) < 4.78 is 1.48. The van der Waals surface area contributed by atoms with Crippen molar-refractivity contribution in [2.45, 2.75) is 0 Å². The molecule has 0 radical (unpaired) electrons. The van der Waals surface area contributed by atoms with E-state index in [0.717, 1.165) is 16.3 Å². The summed E-state index contributed by atoms with van der Waals surface area (Å²) in [4.78, 5) is 0. The van der Waals surface area contributed by atoms with Crippen LogP contribution in [0.1, 0.15) is 0 Å². The van der Waals surface area contributed by atoms with Gasteiger partial charge < -0.3 is 0 Å². The zero-order valence-corrected chi connectivity index (χ0v) is 24.4. The zero-order valence-electron chi connectivity index (χ0n) is 21.5. The first-order valence-electron chi connectivity index (χ1n) is 13.0. The molecule has 0 amide bonds. The molecular weight excluding hydrogens is 490 g/mol. The first-order chi connectivity index (χ1) is 18.8. The van der Waals surface area contributed by atoms with Crippen molar-refractivity contribution in [3.63, 3.8) is 0 Å². The van der Waals surface area contributed by atoms with Gasteiger partial charge in [-0.1, -0.05) is 146 Å². The highest BCUT2D eigenvalue weighted by molar-refractivity contribution is 7.79. The summed E-state index contributed by atoms with van der Waals surface area (Å²) in [7, 11) is -0.446. The van der Waals surface area contributed by atoms with E-state index >= 15 is 0 Å². The lowest BCUT2D eigenvalue weighted by atomic mass is 9.98. The molecule has 0 atom stereocenters. The molecular formula is C36H28AlP. The van der Waals surface area contributed by atoms with Gasteiger partial charge >= 0.3 is 0 Å². The Morgan fingerprint density at radius 1 is 0.368 bits per heavy atom. The largest absolute Gasteiger partial charge is 0.259 e. The predicted octanol–water partition coefficient (Wildman–Crippen LogP) is 6.85. The number of benzene rings is 7. The van der Waals surface area contributed by atoms with Gasteiger partial charge in [0.15, 0.2) is 0 Å². The van der Waals surface area contributed by atoms with Gasteiger partial charge in [0.2, 0.25) is 0 Å². The Balaban J connectivity index is 0.000000139. The van der Waals surface area contributed by atoms with Gasteiger partial charge in [-0.3, -0.25) is 0 Å². The number of hydrogen-bond donors (Lipinski definition) is 0. The molecule has 0 aliphatic carbocycles. The van der Waals surface area contributed by atoms with Crippen LogP contribution in [0.2, 0.25) is 0 Å². The lowest BCUT2D eigenvalue weighted by Gasteiger charge is -2.18. The topological polar surface area (TPSA) is 0 Å². The monoisotopic (exact) mass is 518 g/mol. The Morgan fingerprint density at radius 2 is 0.816 bits per heavy atom. The van der Waals surface area contributed by atoms with Crippen molar-refractivity contribution in [2.24, 2.45) is 0 Å². The third kappa shape index (κ3) is 5.16. The molecule has 0 N–H and O–H groups in total. The molecule has 0 nitrogen and oxygen atoms in total. The molecule has 2 heteroatoms. The van der Waals surface area contributed by atoms with Crippen molar-refractivity contribution in [2.75, 3.05) is 0 Å². The SMILES string of the molecule is [AlH2][c]1cccc2ccc3cc4ccccc4cc3c12.c1ccc(P(c2ccccc2)c2ccccc2)cc1. The minimum atomic E-state index is -0.446. The standard InChI is InChI=1S/C18H15P.C18H11.Al.2H/c1-4-10-16(11-5-1)19(17-12-6-2-7-13-17)18-14-8-3-9-15-18;1-2-7-15-12-18-16(11-14(15)6-1)10-9-13-5-3-4-8-17(13)18;;;/h1-15H;1-7,9-12H;;;. The molecule has 0 saturated heterocycles. The molecule has 7 aromatic rings. The molecule has 0 fully saturated rings. The summed E-state index contributed by atoms with van der Waals surface area (Å²) in [6.07, 6.45) is 0. The summed E-state index contributed by atoms with van der Waals surface area (Å²) in [5, 5.41) is 12.4. The van der Waals surface area contributed by atoms with Gasteiger partial charge in [0, 0.05) is 0 Å². The van der Waals surface area contributed by atoms with Gasteiger partial charge in [-0.15, -0.1) is 4.43 Å². The van der Waals surface area contributed by atoms with E-state index in [4.69, 9.17) is 0 Å². The molecule has 7 rings (SSSR count). The fourth-order valence-electron chi connectivity index (χ4n) is 5.17. The summed E-state index contributed by atoms with van der Waals surface area (Å²) in [5.41, 5.74) is 0. The Morgan fingerprint density at radius 3 is 1.37 bits per heavy atom. The van der Waals surface area contributed by atoms with Crippen molar-refractivity contribution in [3.05, 3.63) is 158 Å². The van der Waals surface area contributed by atoms with Gasteiger partial charge in [-0.2, -0.15) is 0 Å². The maximum absolute atomic E-state index is 2.34. The first kappa shape index (κ1) is 24.6. The van der Waals surface area contributed by atoms with Crippen LogP contribution < -0.4 is 20.3 Å². The maximum atomic E-state index is 2.34. The Labute approximate surface area is 233 Å². The van der Waals surface area contributed by atoms with Crippen LogP contribution in [0.25, 0.3) is 32.3 Å². The predicted molar refractivity (Wildman–Crippen MR) is 172 cm³/mol. The van der Waals surface area contributed by atoms with E-state index in [-0.39, 0.29) is 0 Å². The van der Waals surface area contributed by atoms with Crippen molar-refractivity contribution >= 4 is 76.9 Å². The molecule has 0 bridgehead atoms. The van der Waals surface area contributed by atoms with E-state index in [2.05, 4.69) is 158 Å². The molecule has 0 spiro atoms. The first-order valence-corrected chi connectivity index (χ1v) is 15.4. The highest BCUT2D eigenvalue weighted by Crippen LogP contribution is 2.32. The van der Waals surface area contributed by atoms with E-state index < -0.39 is 7.92 Å². The second-order valence-corrected chi connectivity index (χ2v) is 12.8. The second-order valence-electron chi connectivity index (χ2n) is 9.50.